The van der Waals surface area contributed by atoms with Gasteiger partial charge in [0, 0.05) is 6.42 Å². The fourth-order valence-corrected chi connectivity index (χ4v) is 4.52. The molecule has 2 atom stereocenters. The number of aromatic nitrogens is 5. The smallest absolute Gasteiger partial charge is 0.240 e. The predicted molar refractivity (Wildman–Crippen MR) is 133 cm³/mol. The molecule has 36 heavy (non-hydrogen) atoms. The number of fused-ring (bicyclic) bond motifs is 1. The lowest BCUT2D eigenvalue weighted by atomic mass is 10.0. The summed E-state index contributed by atoms with van der Waals surface area (Å²) in [6.07, 6.45) is 0.358. The van der Waals surface area contributed by atoms with E-state index in [0.29, 0.717) is 12.2 Å². The monoisotopic (exact) mass is 506 g/mol. The third-order valence-electron chi connectivity index (χ3n) is 5.41. The molecule has 186 valence electrons. The van der Waals surface area contributed by atoms with E-state index in [0.717, 1.165) is 15.2 Å². The van der Waals surface area contributed by atoms with Crippen molar-refractivity contribution in [2.75, 3.05) is 6.61 Å². The molecular formula is C24H26N8O3S. The fourth-order valence-electron chi connectivity index (χ4n) is 3.51. The lowest BCUT2D eigenvalue weighted by molar-refractivity contribution is -0.126. The summed E-state index contributed by atoms with van der Waals surface area (Å²) in [4.78, 5) is 17.5. The number of hydrogen-bond acceptors (Lipinski definition) is 10. The highest BCUT2D eigenvalue weighted by Crippen LogP contribution is 2.29. The number of rotatable bonds is 10. The number of tetrazole rings is 1. The molecular weight excluding hydrogens is 480 g/mol. The maximum absolute atomic E-state index is 12.9. The molecule has 4 N–H and O–H groups in total. The summed E-state index contributed by atoms with van der Waals surface area (Å²) in [7, 11) is 0. The first-order chi connectivity index (χ1) is 17.3. The minimum absolute atomic E-state index is 0.0173. The van der Waals surface area contributed by atoms with Gasteiger partial charge in [0.25, 0.3) is 0 Å². The zero-order valence-electron chi connectivity index (χ0n) is 19.8. The topological polar surface area (TPSA) is 165 Å². The summed E-state index contributed by atoms with van der Waals surface area (Å²) < 4.78 is 8.27. The quantitative estimate of drug-likeness (QED) is 0.293. The second kappa shape index (κ2) is 10.7. The summed E-state index contributed by atoms with van der Waals surface area (Å²) in [6.45, 7) is 3.24. The number of phenols is 1. The molecule has 2 aromatic heterocycles. The van der Waals surface area contributed by atoms with Crippen LogP contribution in [-0.2, 0) is 11.2 Å². The molecule has 1 amide bonds. The van der Waals surface area contributed by atoms with Crippen molar-refractivity contribution < 1.29 is 14.6 Å². The van der Waals surface area contributed by atoms with E-state index in [2.05, 4.69) is 31.9 Å². The Morgan fingerprint density at radius 3 is 2.75 bits per heavy atom. The Hall–Kier alpha value is -4.08. The van der Waals surface area contributed by atoms with Crippen LogP contribution in [0.5, 0.6) is 11.5 Å². The standard InChI is InChI=1S/C24H26N8O3S/c1-24(2,26)23(34)28-17(13-21-27-16-7-3-6-10-20(16)36-21)22-29-30-31-32(22)15(11-12-25)14-35-19-9-5-4-8-18(19)33/h3-10,15,17,33H,11,13-14,26H2,1-2H3,(H,28,34)/t15-,17-/m1/s1. The average Bonchev–Trinajstić information content (AvgIpc) is 3.48. The Kier molecular flexibility index (Phi) is 7.42. The molecule has 0 spiro atoms. The molecule has 0 saturated heterocycles. The molecule has 0 bridgehead atoms. The van der Waals surface area contributed by atoms with Gasteiger partial charge in [-0.1, -0.05) is 24.3 Å². The van der Waals surface area contributed by atoms with Crippen molar-refractivity contribution in [1.82, 2.24) is 30.5 Å². The van der Waals surface area contributed by atoms with Crippen molar-refractivity contribution >= 4 is 27.5 Å². The highest BCUT2D eigenvalue weighted by molar-refractivity contribution is 7.18. The number of nitriles is 1. The normalized spacial score (nSPS) is 13.2. The second-order valence-electron chi connectivity index (χ2n) is 8.80. The molecule has 0 saturated carbocycles. The van der Waals surface area contributed by atoms with Gasteiger partial charge < -0.3 is 20.9 Å². The number of nitrogens with two attached hydrogens (primary N) is 1. The van der Waals surface area contributed by atoms with Crippen molar-refractivity contribution in [1.29, 1.82) is 5.26 Å². The van der Waals surface area contributed by atoms with Crippen LogP contribution in [0.3, 0.4) is 0 Å². The van der Waals surface area contributed by atoms with Crippen LogP contribution in [0.1, 0.15) is 43.2 Å². The molecule has 12 heteroatoms. The largest absolute Gasteiger partial charge is 0.504 e. The van der Waals surface area contributed by atoms with E-state index in [9.17, 15) is 15.2 Å². The summed E-state index contributed by atoms with van der Waals surface area (Å²) in [5.41, 5.74) is 5.76. The number of ether oxygens (including phenoxy) is 1. The summed E-state index contributed by atoms with van der Waals surface area (Å²) in [5, 5.41) is 35.3. The third-order valence-corrected chi connectivity index (χ3v) is 6.47. The van der Waals surface area contributed by atoms with E-state index in [1.54, 1.807) is 32.0 Å². The highest BCUT2D eigenvalue weighted by Gasteiger charge is 2.31. The van der Waals surface area contributed by atoms with E-state index < -0.39 is 17.6 Å². The number of aromatic hydroxyl groups is 1. The lowest BCUT2D eigenvalue weighted by Gasteiger charge is -2.25. The predicted octanol–water partition coefficient (Wildman–Crippen LogP) is 2.66. The number of hydrogen-bond donors (Lipinski definition) is 3. The molecule has 2 aromatic carbocycles. The van der Waals surface area contributed by atoms with Crippen molar-refractivity contribution in [2.45, 2.75) is 44.3 Å². The Morgan fingerprint density at radius 2 is 2.03 bits per heavy atom. The van der Waals surface area contributed by atoms with Crippen molar-refractivity contribution in [3.8, 4) is 17.6 Å². The molecule has 0 aliphatic rings. The van der Waals surface area contributed by atoms with Gasteiger partial charge in [-0.15, -0.1) is 16.4 Å². The average molecular weight is 507 g/mol. The number of thiazole rings is 1. The summed E-state index contributed by atoms with van der Waals surface area (Å²) in [5.74, 6) is 0.217. The SMILES string of the molecule is CC(C)(N)C(=O)N[C@H](Cc1nc2ccccc2s1)c1nnnn1[C@H](CC#N)COc1ccccc1O. The van der Waals surface area contributed by atoms with E-state index in [1.165, 1.54) is 22.1 Å². The maximum Gasteiger partial charge on any atom is 0.240 e. The van der Waals surface area contributed by atoms with Crippen LogP contribution in [0.15, 0.2) is 48.5 Å². The molecule has 0 aliphatic heterocycles. The number of benzene rings is 2. The van der Waals surface area contributed by atoms with Crippen molar-refractivity contribution in [2.24, 2.45) is 5.73 Å². The number of nitrogens with zero attached hydrogens (tertiary/aromatic N) is 6. The molecule has 4 aromatic rings. The van der Waals surface area contributed by atoms with Crippen molar-refractivity contribution in [3.05, 3.63) is 59.4 Å². The summed E-state index contributed by atoms with van der Waals surface area (Å²) >= 11 is 1.51. The molecule has 0 aliphatic carbocycles. The van der Waals surface area contributed by atoms with E-state index in [1.807, 2.05) is 24.3 Å². The highest BCUT2D eigenvalue weighted by atomic mass is 32.1. The van der Waals surface area contributed by atoms with Crippen LogP contribution < -0.4 is 15.8 Å². The zero-order chi connectivity index (χ0) is 25.7. The number of carbonyl (C=O) groups excluding carboxylic acids is 1. The first-order valence-electron chi connectivity index (χ1n) is 11.3. The molecule has 4 rings (SSSR count). The maximum atomic E-state index is 12.9. The van der Waals surface area contributed by atoms with Gasteiger partial charge in [0.1, 0.15) is 12.6 Å². The number of phenolic OH excluding ortho intramolecular Hbond substituents is 1. The van der Waals surface area contributed by atoms with Crippen molar-refractivity contribution in [3.63, 3.8) is 0 Å². The van der Waals surface area contributed by atoms with Gasteiger partial charge in [0.05, 0.1) is 39.3 Å². The number of nitrogens with one attached hydrogen (secondary N) is 1. The number of carbonyl (C=O) groups is 1. The van der Waals surface area contributed by atoms with Crippen LogP contribution >= 0.6 is 11.3 Å². The molecule has 0 radical (unpaired) electrons. The van der Waals surface area contributed by atoms with Gasteiger partial charge in [-0.25, -0.2) is 9.67 Å². The van der Waals surface area contributed by atoms with E-state index in [4.69, 9.17) is 10.5 Å². The first kappa shape index (κ1) is 25.0. The van der Waals surface area contributed by atoms with Gasteiger partial charge in [-0.2, -0.15) is 5.26 Å². The molecule has 11 nitrogen and oxygen atoms in total. The van der Waals surface area contributed by atoms with Crippen LogP contribution in [-0.4, -0.2) is 48.4 Å². The first-order valence-corrected chi connectivity index (χ1v) is 12.1. The number of para-hydroxylation sites is 3. The van der Waals surface area contributed by atoms with Crippen LogP contribution in [0.25, 0.3) is 10.2 Å². The molecule has 0 unspecified atom stereocenters. The van der Waals surface area contributed by atoms with Crippen LogP contribution in [0.4, 0.5) is 0 Å². The lowest BCUT2D eigenvalue weighted by Crippen LogP contribution is -2.50. The van der Waals surface area contributed by atoms with Gasteiger partial charge in [-0.3, -0.25) is 4.79 Å². The Morgan fingerprint density at radius 1 is 1.28 bits per heavy atom. The minimum atomic E-state index is -1.13. The van der Waals surface area contributed by atoms with Crippen LogP contribution in [0.2, 0.25) is 0 Å². The second-order valence-corrected chi connectivity index (χ2v) is 9.92. The fraction of sp³-hybridized carbons (Fsp3) is 0.333. The van der Waals surface area contributed by atoms with Gasteiger partial charge in [0.15, 0.2) is 17.3 Å². The van der Waals surface area contributed by atoms with Gasteiger partial charge in [0.2, 0.25) is 5.91 Å². The van der Waals surface area contributed by atoms with Crippen LogP contribution in [0, 0.1) is 11.3 Å². The Balaban J connectivity index is 1.64. The number of amides is 1. The Bertz CT molecular complexity index is 1350. The van der Waals surface area contributed by atoms with E-state index >= 15 is 0 Å². The summed E-state index contributed by atoms with van der Waals surface area (Å²) in [6, 6.07) is 15.2. The third kappa shape index (κ3) is 5.76. The Labute approximate surface area is 211 Å². The van der Waals surface area contributed by atoms with E-state index in [-0.39, 0.29) is 30.4 Å². The zero-order valence-corrected chi connectivity index (χ0v) is 20.6. The molecule has 2 heterocycles. The minimum Gasteiger partial charge on any atom is -0.504 e. The van der Waals surface area contributed by atoms with Gasteiger partial charge >= 0.3 is 0 Å². The van der Waals surface area contributed by atoms with Gasteiger partial charge in [-0.05, 0) is 48.5 Å². The molecule has 0 fully saturated rings.